The third kappa shape index (κ3) is 3.10. The lowest BCUT2D eigenvalue weighted by Gasteiger charge is -2.11. The van der Waals surface area contributed by atoms with Gasteiger partial charge in [-0.25, -0.2) is 9.36 Å². The fourth-order valence-electron chi connectivity index (χ4n) is 2.27. The highest BCUT2D eigenvalue weighted by Gasteiger charge is 2.14. The Morgan fingerprint density at radius 2 is 2.00 bits per heavy atom. The van der Waals surface area contributed by atoms with E-state index in [2.05, 4.69) is 18.8 Å². The molecule has 0 fully saturated rings. The molecule has 2 aromatic rings. The quantitative estimate of drug-likeness (QED) is 0.882. The molecule has 4 nitrogen and oxygen atoms in total. The molecule has 0 amide bonds. The SMILES string of the molecule is CCCc1c(Cl)[nH]c(=O)n(-c2cccc(C(C)C)c2)c1=O. The molecule has 0 spiro atoms. The van der Waals surface area contributed by atoms with Crippen LogP contribution >= 0.6 is 11.6 Å². The van der Waals surface area contributed by atoms with Crippen molar-refractivity contribution in [2.24, 2.45) is 0 Å². The normalized spacial score (nSPS) is 11.1. The van der Waals surface area contributed by atoms with E-state index >= 15 is 0 Å². The molecule has 0 aliphatic carbocycles. The van der Waals surface area contributed by atoms with E-state index in [4.69, 9.17) is 11.6 Å². The van der Waals surface area contributed by atoms with Crippen LogP contribution in [0.2, 0.25) is 5.15 Å². The average Bonchev–Trinajstić information content (AvgIpc) is 2.43. The first kappa shape index (κ1) is 15.6. The van der Waals surface area contributed by atoms with Crippen molar-refractivity contribution in [2.75, 3.05) is 0 Å². The summed E-state index contributed by atoms with van der Waals surface area (Å²) in [4.78, 5) is 27.2. The number of aromatic nitrogens is 2. The number of benzene rings is 1. The number of nitrogens with zero attached hydrogens (tertiary/aromatic N) is 1. The highest BCUT2D eigenvalue weighted by molar-refractivity contribution is 6.30. The molecular weight excluding hydrogens is 288 g/mol. The van der Waals surface area contributed by atoms with Gasteiger partial charge in [-0.05, 0) is 30.0 Å². The van der Waals surface area contributed by atoms with Gasteiger partial charge in [0.25, 0.3) is 5.56 Å². The van der Waals surface area contributed by atoms with Crippen LogP contribution in [0.3, 0.4) is 0 Å². The molecule has 0 aliphatic heterocycles. The Morgan fingerprint density at radius 1 is 1.29 bits per heavy atom. The first-order chi connectivity index (χ1) is 9.95. The van der Waals surface area contributed by atoms with Gasteiger partial charge in [0.1, 0.15) is 5.15 Å². The van der Waals surface area contributed by atoms with Gasteiger partial charge in [-0.15, -0.1) is 0 Å². The number of hydrogen-bond acceptors (Lipinski definition) is 2. The largest absolute Gasteiger partial charge is 0.334 e. The standard InChI is InChI=1S/C16H19ClN2O2/c1-4-6-13-14(17)18-16(21)19(15(13)20)12-8-5-7-11(9-12)10(2)3/h5,7-10H,4,6H2,1-3H3,(H,18,21). The van der Waals surface area contributed by atoms with Crippen molar-refractivity contribution in [2.45, 2.75) is 39.5 Å². The maximum atomic E-state index is 12.5. The number of halogens is 1. The zero-order valence-corrected chi connectivity index (χ0v) is 13.2. The third-order valence-corrected chi connectivity index (χ3v) is 3.76. The highest BCUT2D eigenvalue weighted by atomic mass is 35.5. The molecule has 0 unspecified atom stereocenters. The molecule has 1 heterocycles. The van der Waals surface area contributed by atoms with Gasteiger partial charge in [-0.2, -0.15) is 0 Å². The minimum atomic E-state index is -0.509. The molecule has 0 bridgehead atoms. The number of hydrogen-bond donors (Lipinski definition) is 1. The van der Waals surface area contributed by atoms with Crippen LogP contribution in [0.5, 0.6) is 0 Å². The van der Waals surface area contributed by atoms with Gasteiger partial charge >= 0.3 is 5.69 Å². The summed E-state index contributed by atoms with van der Waals surface area (Å²) in [5, 5.41) is 0.142. The molecule has 112 valence electrons. The summed E-state index contributed by atoms with van der Waals surface area (Å²) in [6.07, 6.45) is 1.32. The lowest BCUT2D eigenvalue weighted by Crippen LogP contribution is -2.36. The molecule has 1 aromatic carbocycles. The van der Waals surface area contributed by atoms with Crippen LogP contribution in [0.25, 0.3) is 5.69 Å². The molecule has 0 saturated carbocycles. The summed E-state index contributed by atoms with van der Waals surface area (Å²) in [6, 6.07) is 7.46. The zero-order valence-electron chi connectivity index (χ0n) is 12.4. The van der Waals surface area contributed by atoms with Gasteiger partial charge < -0.3 is 0 Å². The molecule has 2 rings (SSSR count). The third-order valence-electron chi connectivity index (χ3n) is 3.44. The number of rotatable bonds is 4. The monoisotopic (exact) mass is 306 g/mol. The lowest BCUT2D eigenvalue weighted by atomic mass is 10.0. The van der Waals surface area contributed by atoms with E-state index in [1.54, 1.807) is 6.07 Å². The summed E-state index contributed by atoms with van der Waals surface area (Å²) in [5.41, 5.74) is 1.25. The summed E-state index contributed by atoms with van der Waals surface area (Å²) < 4.78 is 1.16. The first-order valence-corrected chi connectivity index (χ1v) is 7.47. The van der Waals surface area contributed by atoms with E-state index in [-0.39, 0.29) is 10.7 Å². The van der Waals surface area contributed by atoms with E-state index < -0.39 is 5.69 Å². The molecule has 0 radical (unpaired) electrons. The van der Waals surface area contributed by atoms with Gasteiger partial charge in [-0.1, -0.05) is 50.9 Å². The van der Waals surface area contributed by atoms with E-state index in [1.807, 2.05) is 25.1 Å². The first-order valence-electron chi connectivity index (χ1n) is 7.09. The van der Waals surface area contributed by atoms with Crippen molar-refractivity contribution in [3.63, 3.8) is 0 Å². The Hall–Kier alpha value is -1.81. The molecule has 1 aromatic heterocycles. The van der Waals surface area contributed by atoms with E-state index in [0.29, 0.717) is 23.6 Å². The minimum Gasteiger partial charge on any atom is -0.297 e. The van der Waals surface area contributed by atoms with E-state index in [1.165, 1.54) is 0 Å². The van der Waals surface area contributed by atoms with Crippen LogP contribution in [0.1, 0.15) is 44.2 Å². The summed E-state index contributed by atoms with van der Waals surface area (Å²) >= 11 is 5.99. The van der Waals surface area contributed by atoms with Crippen LogP contribution in [-0.2, 0) is 6.42 Å². The van der Waals surface area contributed by atoms with Gasteiger partial charge in [0.2, 0.25) is 0 Å². The topological polar surface area (TPSA) is 54.9 Å². The van der Waals surface area contributed by atoms with Crippen molar-refractivity contribution in [3.8, 4) is 5.69 Å². The minimum absolute atomic E-state index is 0.142. The smallest absolute Gasteiger partial charge is 0.297 e. The van der Waals surface area contributed by atoms with Crippen molar-refractivity contribution < 1.29 is 0 Å². The van der Waals surface area contributed by atoms with Crippen LogP contribution in [-0.4, -0.2) is 9.55 Å². The molecule has 0 saturated heterocycles. The van der Waals surface area contributed by atoms with Crippen LogP contribution in [0.4, 0.5) is 0 Å². The Morgan fingerprint density at radius 3 is 2.62 bits per heavy atom. The maximum Gasteiger partial charge on any atom is 0.334 e. The predicted molar refractivity (Wildman–Crippen MR) is 85.8 cm³/mol. The van der Waals surface area contributed by atoms with Crippen LogP contribution in [0.15, 0.2) is 33.9 Å². The van der Waals surface area contributed by atoms with Crippen molar-refractivity contribution in [1.29, 1.82) is 0 Å². The summed E-state index contributed by atoms with van der Waals surface area (Å²) in [5.74, 6) is 0.321. The number of H-pyrrole nitrogens is 1. The summed E-state index contributed by atoms with van der Waals surface area (Å²) in [6.45, 7) is 6.09. The number of nitrogens with one attached hydrogen (secondary N) is 1. The van der Waals surface area contributed by atoms with Crippen LogP contribution in [0, 0.1) is 0 Å². The van der Waals surface area contributed by atoms with Crippen LogP contribution < -0.4 is 11.2 Å². The second kappa shape index (κ2) is 6.31. The molecular formula is C16H19ClN2O2. The molecule has 0 atom stereocenters. The molecule has 21 heavy (non-hydrogen) atoms. The Bertz CT molecular complexity index is 760. The molecule has 5 heteroatoms. The Kier molecular flexibility index (Phi) is 4.68. The molecule has 0 aliphatic rings. The fourth-order valence-corrected chi connectivity index (χ4v) is 2.53. The maximum absolute atomic E-state index is 12.5. The van der Waals surface area contributed by atoms with E-state index in [9.17, 15) is 9.59 Å². The highest BCUT2D eigenvalue weighted by Crippen LogP contribution is 2.17. The zero-order chi connectivity index (χ0) is 15.6. The number of aromatic amines is 1. The van der Waals surface area contributed by atoms with Crippen molar-refractivity contribution in [3.05, 3.63) is 61.4 Å². The fraction of sp³-hybridized carbons (Fsp3) is 0.375. The van der Waals surface area contributed by atoms with Gasteiger partial charge in [-0.3, -0.25) is 9.78 Å². The lowest BCUT2D eigenvalue weighted by molar-refractivity contribution is 0.805. The Labute approximate surface area is 128 Å². The Balaban J connectivity index is 2.69. The van der Waals surface area contributed by atoms with Gasteiger partial charge in [0.05, 0.1) is 11.3 Å². The van der Waals surface area contributed by atoms with Crippen molar-refractivity contribution in [1.82, 2.24) is 9.55 Å². The van der Waals surface area contributed by atoms with Crippen molar-refractivity contribution >= 4 is 11.6 Å². The molecule has 1 N–H and O–H groups in total. The summed E-state index contributed by atoms with van der Waals surface area (Å²) in [7, 11) is 0. The van der Waals surface area contributed by atoms with Gasteiger partial charge in [0, 0.05) is 0 Å². The predicted octanol–water partition coefficient (Wildman–Crippen LogP) is 3.26. The average molecular weight is 307 g/mol. The second-order valence-electron chi connectivity index (χ2n) is 5.36. The van der Waals surface area contributed by atoms with E-state index in [0.717, 1.165) is 16.6 Å². The second-order valence-corrected chi connectivity index (χ2v) is 5.74. The van der Waals surface area contributed by atoms with Gasteiger partial charge in [0.15, 0.2) is 0 Å².